The minimum Gasteiger partial charge on any atom is -0.469 e. The fraction of sp³-hybridized carbons (Fsp3) is 0.438. The summed E-state index contributed by atoms with van der Waals surface area (Å²) in [6, 6.07) is 7.85. The largest absolute Gasteiger partial charge is 0.469 e. The standard InChI is InChI=1S/C16H19N3O2/c1-11-15(18-14-8-4-3-7-13(14)17-11)19-9-5-6-12(10-19)16(20)21-2/h3-4,7-8,12H,5-6,9-10H2,1-2H3. The van der Waals surface area contributed by atoms with Gasteiger partial charge in [-0.15, -0.1) is 0 Å². The smallest absolute Gasteiger partial charge is 0.310 e. The highest BCUT2D eigenvalue weighted by Gasteiger charge is 2.28. The minimum absolute atomic E-state index is 0.0728. The summed E-state index contributed by atoms with van der Waals surface area (Å²) < 4.78 is 4.87. The number of para-hydroxylation sites is 2. The molecule has 21 heavy (non-hydrogen) atoms. The van der Waals surface area contributed by atoms with Crippen molar-refractivity contribution in [2.75, 3.05) is 25.1 Å². The second-order valence-corrected chi connectivity index (χ2v) is 5.43. The lowest BCUT2D eigenvalue weighted by Crippen LogP contribution is -2.40. The van der Waals surface area contributed by atoms with Gasteiger partial charge in [-0.1, -0.05) is 12.1 Å². The Morgan fingerprint density at radius 2 is 2.00 bits per heavy atom. The Balaban J connectivity index is 1.92. The number of methoxy groups -OCH3 is 1. The third-order valence-corrected chi connectivity index (χ3v) is 3.98. The van der Waals surface area contributed by atoms with E-state index in [0.29, 0.717) is 6.54 Å². The maximum absolute atomic E-state index is 11.8. The Kier molecular flexibility index (Phi) is 3.73. The molecular weight excluding hydrogens is 266 g/mol. The van der Waals surface area contributed by atoms with Gasteiger partial charge in [0.1, 0.15) is 0 Å². The van der Waals surface area contributed by atoms with Gasteiger partial charge in [-0.25, -0.2) is 9.97 Å². The van der Waals surface area contributed by atoms with Crippen molar-refractivity contribution in [2.45, 2.75) is 19.8 Å². The maximum Gasteiger partial charge on any atom is 0.310 e. The van der Waals surface area contributed by atoms with E-state index in [9.17, 15) is 4.79 Å². The Morgan fingerprint density at radius 1 is 1.29 bits per heavy atom. The number of aromatic nitrogens is 2. The lowest BCUT2D eigenvalue weighted by atomic mass is 9.98. The van der Waals surface area contributed by atoms with E-state index in [1.54, 1.807) is 0 Å². The van der Waals surface area contributed by atoms with Crippen molar-refractivity contribution >= 4 is 22.8 Å². The Hall–Kier alpha value is -2.17. The quantitative estimate of drug-likeness (QED) is 0.793. The van der Waals surface area contributed by atoms with E-state index in [0.717, 1.165) is 41.9 Å². The van der Waals surface area contributed by atoms with E-state index in [1.165, 1.54) is 7.11 Å². The van der Waals surface area contributed by atoms with Crippen molar-refractivity contribution in [3.63, 3.8) is 0 Å². The average Bonchev–Trinajstić information content (AvgIpc) is 2.53. The molecule has 3 rings (SSSR count). The van der Waals surface area contributed by atoms with Gasteiger partial charge in [-0.05, 0) is 31.9 Å². The molecule has 110 valence electrons. The number of esters is 1. The zero-order valence-electron chi connectivity index (χ0n) is 12.4. The van der Waals surface area contributed by atoms with E-state index >= 15 is 0 Å². The van der Waals surface area contributed by atoms with Crippen LogP contribution in [0.4, 0.5) is 5.82 Å². The number of nitrogens with zero attached hydrogens (tertiary/aromatic N) is 3. The topological polar surface area (TPSA) is 55.3 Å². The Morgan fingerprint density at radius 3 is 2.71 bits per heavy atom. The SMILES string of the molecule is COC(=O)C1CCCN(c2nc3ccccc3nc2C)C1. The van der Waals surface area contributed by atoms with Crippen molar-refractivity contribution in [3.8, 4) is 0 Å². The molecule has 0 N–H and O–H groups in total. The monoisotopic (exact) mass is 285 g/mol. The first-order chi connectivity index (χ1) is 10.2. The van der Waals surface area contributed by atoms with Crippen LogP contribution in [0, 0.1) is 12.8 Å². The number of piperidine rings is 1. The van der Waals surface area contributed by atoms with Crippen LogP contribution in [0.1, 0.15) is 18.5 Å². The first-order valence-electron chi connectivity index (χ1n) is 7.25. The molecule has 5 heteroatoms. The number of aryl methyl sites for hydroxylation is 1. The second kappa shape index (κ2) is 5.68. The first-order valence-corrected chi connectivity index (χ1v) is 7.25. The average molecular weight is 285 g/mol. The second-order valence-electron chi connectivity index (χ2n) is 5.43. The lowest BCUT2D eigenvalue weighted by molar-refractivity contribution is -0.145. The number of benzene rings is 1. The number of hydrogen-bond acceptors (Lipinski definition) is 5. The van der Waals surface area contributed by atoms with Gasteiger partial charge < -0.3 is 9.64 Å². The van der Waals surface area contributed by atoms with E-state index in [4.69, 9.17) is 9.72 Å². The lowest BCUT2D eigenvalue weighted by Gasteiger charge is -2.32. The number of hydrogen-bond donors (Lipinski definition) is 0. The highest BCUT2D eigenvalue weighted by molar-refractivity contribution is 5.77. The van der Waals surface area contributed by atoms with Gasteiger partial charge in [-0.3, -0.25) is 4.79 Å². The molecule has 0 aliphatic carbocycles. The summed E-state index contributed by atoms with van der Waals surface area (Å²) in [6.45, 7) is 3.53. The molecule has 0 saturated carbocycles. The highest BCUT2D eigenvalue weighted by Crippen LogP contribution is 2.26. The molecule has 0 bridgehead atoms. The van der Waals surface area contributed by atoms with Crippen molar-refractivity contribution in [3.05, 3.63) is 30.0 Å². The molecule has 1 aromatic heterocycles. The van der Waals surface area contributed by atoms with Crippen molar-refractivity contribution in [1.29, 1.82) is 0 Å². The summed E-state index contributed by atoms with van der Waals surface area (Å²) in [7, 11) is 1.45. The van der Waals surface area contributed by atoms with Gasteiger partial charge in [0.2, 0.25) is 0 Å². The van der Waals surface area contributed by atoms with Crippen LogP contribution in [0.3, 0.4) is 0 Å². The number of anilines is 1. The van der Waals surface area contributed by atoms with Gasteiger partial charge >= 0.3 is 5.97 Å². The van der Waals surface area contributed by atoms with Gasteiger partial charge in [-0.2, -0.15) is 0 Å². The Labute approximate surface area is 124 Å². The molecular formula is C16H19N3O2. The minimum atomic E-state index is -0.133. The highest BCUT2D eigenvalue weighted by atomic mass is 16.5. The molecule has 1 unspecified atom stereocenters. The molecule has 1 aliphatic heterocycles. The maximum atomic E-state index is 11.8. The summed E-state index contributed by atoms with van der Waals surface area (Å²) in [5.41, 5.74) is 2.69. The first kappa shape index (κ1) is 13.8. The molecule has 1 fully saturated rings. The van der Waals surface area contributed by atoms with E-state index in [2.05, 4.69) is 9.88 Å². The summed E-state index contributed by atoms with van der Waals surface area (Å²) in [5, 5.41) is 0. The molecule has 0 spiro atoms. The molecule has 2 heterocycles. The number of ether oxygens (including phenoxy) is 1. The zero-order valence-corrected chi connectivity index (χ0v) is 12.4. The predicted octanol–water partition coefficient (Wildman–Crippen LogP) is 2.33. The van der Waals surface area contributed by atoms with Crippen LogP contribution in [-0.2, 0) is 9.53 Å². The molecule has 1 atom stereocenters. The third kappa shape index (κ3) is 2.68. The molecule has 0 amide bonds. The summed E-state index contributed by atoms with van der Waals surface area (Å²) in [5.74, 6) is 0.671. The fourth-order valence-electron chi connectivity index (χ4n) is 2.91. The number of rotatable bonds is 2. The molecule has 1 aromatic carbocycles. The van der Waals surface area contributed by atoms with Gasteiger partial charge in [0, 0.05) is 13.1 Å². The van der Waals surface area contributed by atoms with Crippen LogP contribution < -0.4 is 4.90 Å². The molecule has 2 aromatic rings. The Bertz CT molecular complexity index is 672. The van der Waals surface area contributed by atoms with Crippen LogP contribution in [0.25, 0.3) is 11.0 Å². The summed E-state index contributed by atoms with van der Waals surface area (Å²) in [4.78, 5) is 23.3. The van der Waals surface area contributed by atoms with Crippen molar-refractivity contribution in [2.24, 2.45) is 5.92 Å². The third-order valence-electron chi connectivity index (χ3n) is 3.98. The van der Waals surface area contributed by atoms with Crippen LogP contribution >= 0.6 is 0 Å². The zero-order chi connectivity index (χ0) is 14.8. The van der Waals surface area contributed by atoms with E-state index in [-0.39, 0.29) is 11.9 Å². The number of fused-ring (bicyclic) bond motifs is 1. The van der Waals surface area contributed by atoms with Gasteiger partial charge in [0.05, 0.1) is 29.8 Å². The van der Waals surface area contributed by atoms with Gasteiger partial charge in [0.15, 0.2) is 5.82 Å². The number of carbonyl (C=O) groups excluding carboxylic acids is 1. The summed E-state index contributed by atoms with van der Waals surface area (Å²) >= 11 is 0. The number of carbonyl (C=O) groups is 1. The van der Waals surface area contributed by atoms with Crippen LogP contribution in [-0.4, -0.2) is 36.1 Å². The predicted molar refractivity (Wildman–Crippen MR) is 81.2 cm³/mol. The van der Waals surface area contributed by atoms with Crippen LogP contribution in [0.2, 0.25) is 0 Å². The summed E-state index contributed by atoms with van der Waals surface area (Å²) in [6.07, 6.45) is 1.84. The molecule has 1 saturated heterocycles. The van der Waals surface area contributed by atoms with Crippen LogP contribution in [0.5, 0.6) is 0 Å². The molecule has 0 radical (unpaired) electrons. The fourth-order valence-corrected chi connectivity index (χ4v) is 2.91. The van der Waals surface area contributed by atoms with Crippen LogP contribution in [0.15, 0.2) is 24.3 Å². The van der Waals surface area contributed by atoms with Crippen molar-refractivity contribution in [1.82, 2.24) is 9.97 Å². The van der Waals surface area contributed by atoms with Gasteiger partial charge in [0.25, 0.3) is 0 Å². The van der Waals surface area contributed by atoms with E-state index in [1.807, 2.05) is 31.2 Å². The molecule has 5 nitrogen and oxygen atoms in total. The van der Waals surface area contributed by atoms with E-state index < -0.39 is 0 Å². The van der Waals surface area contributed by atoms with Crippen molar-refractivity contribution < 1.29 is 9.53 Å². The molecule has 1 aliphatic rings. The normalized spacial score (nSPS) is 18.8.